The second-order valence-electron chi connectivity index (χ2n) is 7.76. The highest BCUT2D eigenvalue weighted by molar-refractivity contribution is 7.98. The Labute approximate surface area is 189 Å². The smallest absolute Gasteiger partial charge is 0.262 e. The zero-order chi connectivity index (χ0) is 21.2. The molecule has 0 aliphatic carbocycles. The Morgan fingerprint density at radius 2 is 2.00 bits per heavy atom. The Bertz CT molecular complexity index is 1260. The van der Waals surface area contributed by atoms with Gasteiger partial charge >= 0.3 is 0 Å². The number of hydrogen-bond acceptors (Lipinski definition) is 6. The van der Waals surface area contributed by atoms with E-state index in [1.54, 1.807) is 27.7 Å². The third-order valence-corrected chi connectivity index (χ3v) is 7.39. The minimum Gasteiger partial charge on any atom is -0.376 e. The molecule has 1 fully saturated rings. The number of thioether (sulfide) groups is 1. The Balaban J connectivity index is 1.41. The van der Waals surface area contributed by atoms with Gasteiger partial charge in [0.2, 0.25) is 0 Å². The van der Waals surface area contributed by atoms with Crippen LogP contribution in [0.15, 0.2) is 63.9 Å². The van der Waals surface area contributed by atoms with E-state index in [1.807, 2.05) is 24.3 Å². The van der Waals surface area contributed by atoms with Crippen LogP contribution in [-0.2, 0) is 17.0 Å². The summed E-state index contributed by atoms with van der Waals surface area (Å²) in [5, 5.41) is 4.48. The fourth-order valence-corrected chi connectivity index (χ4v) is 5.58. The molecule has 1 unspecified atom stereocenters. The maximum Gasteiger partial charge on any atom is 0.262 e. The normalized spacial score (nSPS) is 16.2. The lowest BCUT2D eigenvalue weighted by Crippen LogP contribution is -2.28. The minimum atomic E-state index is 0.00206. The van der Waals surface area contributed by atoms with Crippen LogP contribution >= 0.6 is 23.1 Å². The summed E-state index contributed by atoms with van der Waals surface area (Å²) >= 11 is 3.21. The molecule has 2 aromatic heterocycles. The summed E-state index contributed by atoms with van der Waals surface area (Å²) in [6, 6.07) is 16.0. The van der Waals surface area contributed by atoms with E-state index >= 15 is 0 Å². The fraction of sp³-hybridized carbons (Fsp3) is 0.292. The van der Waals surface area contributed by atoms with Crippen LogP contribution < -0.4 is 5.56 Å². The number of thiazole rings is 1. The maximum atomic E-state index is 13.2. The van der Waals surface area contributed by atoms with Crippen LogP contribution in [0.25, 0.3) is 21.5 Å². The molecule has 2 aromatic carbocycles. The lowest BCUT2D eigenvalue weighted by Gasteiger charge is -2.16. The average molecular weight is 450 g/mol. The highest BCUT2D eigenvalue weighted by Crippen LogP contribution is 2.28. The third-order valence-electron chi connectivity index (χ3n) is 5.44. The van der Waals surface area contributed by atoms with E-state index in [-0.39, 0.29) is 11.7 Å². The molecule has 5 nitrogen and oxygen atoms in total. The molecule has 31 heavy (non-hydrogen) atoms. The van der Waals surface area contributed by atoms with E-state index in [4.69, 9.17) is 14.7 Å². The van der Waals surface area contributed by atoms with Gasteiger partial charge in [-0.05, 0) is 31.9 Å². The van der Waals surface area contributed by atoms with Crippen molar-refractivity contribution in [2.75, 3.05) is 6.61 Å². The molecule has 1 aliphatic heterocycles. The third kappa shape index (κ3) is 4.44. The molecule has 1 atom stereocenters. The molecular formula is C24H23N3O2S2. The summed E-state index contributed by atoms with van der Waals surface area (Å²) < 4.78 is 7.58. The number of benzene rings is 2. The first-order valence-electron chi connectivity index (χ1n) is 10.4. The molecule has 1 aliphatic rings. The summed E-state index contributed by atoms with van der Waals surface area (Å²) in [5.41, 5.74) is 4.10. The predicted octanol–water partition coefficient (Wildman–Crippen LogP) is 5.30. The first-order chi connectivity index (χ1) is 15.2. The second kappa shape index (κ2) is 8.94. The van der Waals surface area contributed by atoms with Crippen molar-refractivity contribution in [1.29, 1.82) is 0 Å². The van der Waals surface area contributed by atoms with E-state index < -0.39 is 0 Å². The summed E-state index contributed by atoms with van der Waals surface area (Å²) in [5.74, 6) is 0.665. The zero-order valence-electron chi connectivity index (χ0n) is 17.3. The molecule has 0 N–H and O–H groups in total. The molecule has 5 rings (SSSR count). The van der Waals surface area contributed by atoms with Crippen molar-refractivity contribution in [3.63, 3.8) is 0 Å². The number of rotatable bonds is 6. The topological polar surface area (TPSA) is 57.0 Å². The van der Waals surface area contributed by atoms with Crippen LogP contribution in [0.3, 0.4) is 0 Å². The van der Waals surface area contributed by atoms with Gasteiger partial charge in [0.15, 0.2) is 5.16 Å². The quantitative estimate of drug-likeness (QED) is 0.295. The van der Waals surface area contributed by atoms with Gasteiger partial charge in [-0.25, -0.2) is 9.97 Å². The van der Waals surface area contributed by atoms with Gasteiger partial charge in [-0.2, -0.15) is 0 Å². The highest BCUT2D eigenvalue weighted by Gasteiger charge is 2.20. The van der Waals surface area contributed by atoms with E-state index in [9.17, 15) is 4.79 Å². The van der Waals surface area contributed by atoms with E-state index in [1.165, 1.54) is 5.56 Å². The number of fused-ring (bicyclic) bond motifs is 1. The van der Waals surface area contributed by atoms with Gasteiger partial charge in [0.1, 0.15) is 5.01 Å². The molecule has 0 saturated carbocycles. The molecule has 0 amide bonds. The molecule has 0 bridgehead atoms. The van der Waals surface area contributed by atoms with Crippen LogP contribution in [0.1, 0.15) is 24.1 Å². The number of aryl methyl sites for hydroxylation is 1. The lowest BCUT2D eigenvalue weighted by molar-refractivity contribution is 0.0937. The van der Waals surface area contributed by atoms with Crippen LogP contribution in [0.4, 0.5) is 0 Å². The Morgan fingerprint density at radius 3 is 2.81 bits per heavy atom. The number of hydrogen-bond donors (Lipinski definition) is 0. The second-order valence-corrected chi connectivity index (χ2v) is 9.56. The Hall–Kier alpha value is -2.48. The van der Waals surface area contributed by atoms with Gasteiger partial charge < -0.3 is 4.74 Å². The Kier molecular flexibility index (Phi) is 5.89. The first kappa shape index (κ1) is 20.4. The lowest BCUT2D eigenvalue weighted by atomic mass is 10.2. The fourth-order valence-electron chi connectivity index (χ4n) is 3.75. The van der Waals surface area contributed by atoms with Crippen molar-refractivity contribution < 1.29 is 4.74 Å². The van der Waals surface area contributed by atoms with Crippen molar-refractivity contribution in [3.05, 3.63) is 75.5 Å². The molecule has 0 spiro atoms. The van der Waals surface area contributed by atoms with Gasteiger partial charge in [-0.15, -0.1) is 11.3 Å². The molecule has 1 saturated heterocycles. The van der Waals surface area contributed by atoms with Gasteiger partial charge in [0, 0.05) is 23.3 Å². The van der Waals surface area contributed by atoms with Crippen molar-refractivity contribution >= 4 is 34.0 Å². The molecule has 158 valence electrons. The maximum absolute atomic E-state index is 13.2. The zero-order valence-corrected chi connectivity index (χ0v) is 18.9. The number of nitrogens with zero attached hydrogens (tertiary/aromatic N) is 3. The summed E-state index contributed by atoms with van der Waals surface area (Å²) in [7, 11) is 0. The highest BCUT2D eigenvalue weighted by atomic mass is 32.2. The molecule has 7 heteroatoms. The summed E-state index contributed by atoms with van der Waals surface area (Å²) in [6.07, 6.45) is 2.10. The SMILES string of the molecule is Cc1ccc(-c2nc(CSc3nc4ccccc4c(=O)n3CC3CCCO3)cs2)cc1. The standard InChI is InChI=1S/C24H23N3O2S2/c1-16-8-10-17(11-9-16)22-25-18(14-30-22)15-31-24-26-21-7-3-2-6-20(21)23(28)27(24)13-19-5-4-12-29-19/h2-3,6-11,14,19H,4-5,12-13,15H2,1H3. The van der Waals surface area contributed by atoms with Gasteiger partial charge in [0.05, 0.1) is 29.2 Å². The first-order valence-corrected chi connectivity index (χ1v) is 12.3. The van der Waals surface area contributed by atoms with Crippen molar-refractivity contribution in [1.82, 2.24) is 14.5 Å². The van der Waals surface area contributed by atoms with Crippen LogP contribution in [-0.4, -0.2) is 27.2 Å². The predicted molar refractivity (Wildman–Crippen MR) is 127 cm³/mol. The van der Waals surface area contributed by atoms with Gasteiger partial charge in [0.25, 0.3) is 5.56 Å². The summed E-state index contributed by atoms with van der Waals surface area (Å²) in [6.45, 7) is 3.40. The Morgan fingerprint density at radius 1 is 1.16 bits per heavy atom. The van der Waals surface area contributed by atoms with E-state index in [0.29, 0.717) is 17.7 Å². The van der Waals surface area contributed by atoms with E-state index in [0.717, 1.165) is 46.4 Å². The summed E-state index contributed by atoms with van der Waals surface area (Å²) in [4.78, 5) is 22.8. The van der Waals surface area contributed by atoms with Crippen LogP contribution in [0.2, 0.25) is 0 Å². The van der Waals surface area contributed by atoms with Gasteiger partial charge in [-0.3, -0.25) is 9.36 Å². The van der Waals surface area contributed by atoms with Gasteiger partial charge in [-0.1, -0.05) is 53.7 Å². The molecule has 0 radical (unpaired) electrons. The molecular weight excluding hydrogens is 426 g/mol. The largest absolute Gasteiger partial charge is 0.376 e. The van der Waals surface area contributed by atoms with Crippen molar-refractivity contribution in [2.24, 2.45) is 0 Å². The van der Waals surface area contributed by atoms with Crippen LogP contribution in [0.5, 0.6) is 0 Å². The number of para-hydroxylation sites is 1. The average Bonchev–Trinajstić information content (AvgIpc) is 3.47. The molecule has 4 aromatic rings. The van der Waals surface area contributed by atoms with Crippen molar-refractivity contribution in [2.45, 2.75) is 43.3 Å². The van der Waals surface area contributed by atoms with E-state index in [2.05, 4.69) is 36.6 Å². The van der Waals surface area contributed by atoms with Crippen LogP contribution in [0, 0.1) is 6.92 Å². The minimum absolute atomic E-state index is 0.00206. The molecule has 3 heterocycles. The number of aromatic nitrogens is 3. The number of ether oxygens (including phenoxy) is 1. The monoisotopic (exact) mass is 449 g/mol. The van der Waals surface area contributed by atoms with Crippen molar-refractivity contribution in [3.8, 4) is 10.6 Å².